The predicted octanol–water partition coefficient (Wildman–Crippen LogP) is 2.74. The number of carbonyl (C=O) groups excluding carboxylic acids is 1. The zero-order valence-corrected chi connectivity index (χ0v) is 13.2. The lowest BCUT2D eigenvalue weighted by Crippen LogP contribution is -2.38. The van der Waals surface area contributed by atoms with Crippen LogP contribution in [0.25, 0.3) is 11.1 Å². The number of carbonyl (C=O) groups is 1. The van der Waals surface area contributed by atoms with Crippen molar-refractivity contribution in [2.75, 3.05) is 23.4 Å². The van der Waals surface area contributed by atoms with Gasteiger partial charge in [-0.3, -0.25) is 9.78 Å². The monoisotopic (exact) mass is 357 g/mol. The molecule has 1 amide bonds. The van der Waals surface area contributed by atoms with Crippen molar-refractivity contribution in [1.82, 2.24) is 4.98 Å². The molecule has 0 unspecified atom stereocenters. The highest BCUT2D eigenvalue weighted by molar-refractivity contribution is 9.09. The molecule has 6 heteroatoms. The number of nitrogens with zero attached hydrogens (tertiary/aromatic N) is 3. The molecule has 0 radical (unpaired) electrons. The van der Waals surface area contributed by atoms with Crippen LogP contribution < -0.4 is 9.64 Å². The van der Waals surface area contributed by atoms with E-state index in [1.54, 1.807) is 29.4 Å². The van der Waals surface area contributed by atoms with Crippen LogP contribution in [0.4, 0.5) is 5.69 Å². The molecule has 0 atom stereocenters. The molecule has 1 aliphatic rings. The van der Waals surface area contributed by atoms with Crippen molar-refractivity contribution in [3.63, 3.8) is 0 Å². The lowest BCUT2D eigenvalue weighted by atomic mass is 10.0. The van der Waals surface area contributed by atoms with E-state index in [0.717, 1.165) is 11.1 Å². The number of amides is 1. The molecular formula is C16H12BrN3O2. The Balaban J connectivity index is 2.07. The van der Waals surface area contributed by atoms with E-state index in [9.17, 15) is 4.79 Å². The molecule has 0 bridgehead atoms. The van der Waals surface area contributed by atoms with Gasteiger partial charge in [-0.15, -0.1) is 0 Å². The van der Waals surface area contributed by atoms with E-state index in [4.69, 9.17) is 10.00 Å². The van der Waals surface area contributed by atoms with E-state index in [1.165, 1.54) is 0 Å². The van der Waals surface area contributed by atoms with Crippen LogP contribution >= 0.6 is 15.9 Å². The number of pyridine rings is 1. The summed E-state index contributed by atoms with van der Waals surface area (Å²) in [5.74, 6) is 0.628. The predicted molar refractivity (Wildman–Crippen MR) is 86.0 cm³/mol. The normalized spacial score (nSPS) is 13.0. The molecule has 0 fully saturated rings. The minimum absolute atomic E-state index is 0.0247. The Morgan fingerprint density at radius 2 is 2.14 bits per heavy atom. The molecule has 2 aromatic rings. The summed E-state index contributed by atoms with van der Waals surface area (Å²) in [6.45, 7) is 0.953. The molecule has 1 aromatic carbocycles. The fourth-order valence-electron chi connectivity index (χ4n) is 2.40. The quantitative estimate of drug-likeness (QED) is 0.775. The van der Waals surface area contributed by atoms with Gasteiger partial charge in [-0.05, 0) is 17.7 Å². The molecule has 0 saturated heterocycles. The molecule has 0 aliphatic carbocycles. The maximum absolute atomic E-state index is 12.0. The van der Waals surface area contributed by atoms with Gasteiger partial charge in [0.1, 0.15) is 12.3 Å². The first kappa shape index (κ1) is 14.5. The third-order valence-corrected chi connectivity index (χ3v) is 3.95. The SMILES string of the molecule is N#Cc1ccc(-c2cncc3c2OCCN3C(=O)CBr)cc1. The van der Waals surface area contributed by atoms with E-state index in [-0.39, 0.29) is 11.2 Å². The van der Waals surface area contributed by atoms with Crippen LogP contribution in [0, 0.1) is 11.3 Å². The number of benzene rings is 1. The van der Waals surface area contributed by atoms with Crippen LogP contribution in [0.5, 0.6) is 5.75 Å². The molecular weight excluding hydrogens is 346 g/mol. The lowest BCUT2D eigenvalue weighted by Gasteiger charge is -2.30. The largest absolute Gasteiger partial charge is 0.489 e. The topological polar surface area (TPSA) is 66.2 Å². The Labute approximate surface area is 136 Å². The van der Waals surface area contributed by atoms with Crippen LogP contribution in [-0.2, 0) is 4.79 Å². The van der Waals surface area contributed by atoms with Gasteiger partial charge < -0.3 is 9.64 Å². The lowest BCUT2D eigenvalue weighted by molar-refractivity contribution is -0.116. The fourth-order valence-corrected chi connectivity index (χ4v) is 2.70. The van der Waals surface area contributed by atoms with Gasteiger partial charge in [0.25, 0.3) is 0 Å². The molecule has 5 nitrogen and oxygen atoms in total. The molecule has 0 spiro atoms. The Kier molecular flexibility index (Phi) is 4.07. The first-order valence-corrected chi connectivity index (χ1v) is 7.84. The minimum Gasteiger partial charge on any atom is -0.489 e. The first-order chi connectivity index (χ1) is 10.7. The Morgan fingerprint density at radius 3 is 2.82 bits per heavy atom. The number of nitriles is 1. The maximum atomic E-state index is 12.0. The standard InChI is InChI=1S/C16H12BrN3O2/c17-7-15(21)20-5-6-22-16-13(9-19-10-14(16)20)12-3-1-11(8-18)2-4-12/h1-4,9-10H,5-7H2. The van der Waals surface area contributed by atoms with E-state index in [0.29, 0.717) is 30.2 Å². The summed E-state index contributed by atoms with van der Waals surface area (Å²) >= 11 is 3.20. The summed E-state index contributed by atoms with van der Waals surface area (Å²) in [6.07, 6.45) is 3.35. The zero-order valence-electron chi connectivity index (χ0n) is 11.6. The minimum atomic E-state index is -0.0247. The number of hydrogen-bond acceptors (Lipinski definition) is 4. The van der Waals surface area contributed by atoms with Crippen molar-refractivity contribution >= 4 is 27.5 Å². The maximum Gasteiger partial charge on any atom is 0.237 e. The molecule has 3 rings (SSSR count). The average molecular weight is 358 g/mol. The van der Waals surface area contributed by atoms with Crippen molar-refractivity contribution < 1.29 is 9.53 Å². The Bertz CT molecular complexity index is 753. The van der Waals surface area contributed by atoms with Gasteiger partial charge in [-0.1, -0.05) is 28.1 Å². The second kappa shape index (κ2) is 6.16. The Morgan fingerprint density at radius 1 is 1.36 bits per heavy atom. The van der Waals surface area contributed by atoms with Crippen molar-refractivity contribution in [1.29, 1.82) is 5.26 Å². The van der Waals surface area contributed by atoms with E-state index < -0.39 is 0 Å². The summed E-state index contributed by atoms with van der Waals surface area (Å²) in [5, 5.41) is 9.14. The van der Waals surface area contributed by atoms with Gasteiger partial charge in [0.2, 0.25) is 5.91 Å². The van der Waals surface area contributed by atoms with E-state index in [1.807, 2.05) is 12.1 Å². The van der Waals surface area contributed by atoms with Gasteiger partial charge in [-0.2, -0.15) is 5.26 Å². The Hall–Kier alpha value is -2.39. The van der Waals surface area contributed by atoms with Crippen LogP contribution in [0.15, 0.2) is 36.7 Å². The van der Waals surface area contributed by atoms with Gasteiger partial charge in [-0.25, -0.2) is 0 Å². The van der Waals surface area contributed by atoms with E-state index in [2.05, 4.69) is 27.0 Å². The fraction of sp³-hybridized carbons (Fsp3) is 0.188. The molecule has 22 heavy (non-hydrogen) atoms. The van der Waals surface area contributed by atoms with Crippen LogP contribution in [0.3, 0.4) is 0 Å². The number of alkyl halides is 1. The highest BCUT2D eigenvalue weighted by Gasteiger charge is 2.25. The average Bonchev–Trinajstić information content (AvgIpc) is 2.60. The third-order valence-electron chi connectivity index (χ3n) is 3.47. The molecule has 1 aliphatic heterocycles. The zero-order chi connectivity index (χ0) is 15.5. The van der Waals surface area contributed by atoms with Gasteiger partial charge >= 0.3 is 0 Å². The number of aromatic nitrogens is 1. The molecule has 0 saturated carbocycles. The summed E-state index contributed by atoms with van der Waals surface area (Å²) in [4.78, 5) is 17.9. The van der Waals surface area contributed by atoms with Gasteiger partial charge in [0.15, 0.2) is 5.75 Å². The first-order valence-electron chi connectivity index (χ1n) is 6.72. The van der Waals surface area contributed by atoms with E-state index >= 15 is 0 Å². The molecule has 1 aromatic heterocycles. The summed E-state index contributed by atoms with van der Waals surface area (Å²) < 4.78 is 5.78. The van der Waals surface area contributed by atoms with Crippen LogP contribution in [0.2, 0.25) is 0 Å². The van der Waals surface area contributed by atoms with Crippen molar-refractivity contribution in [3.05, 3.63) is 42.2 Å². The summed E-state index contributed by atoms with van der Waals surface area (Å²) in [6, 6.07) is 9.29. The second-order valence-corrected chi connectivity index (χ2v) is 5.31. The number of anilines is 1. The third kappa shape index (κ3) is 2.55. The summed E-state index contributed by atoms with van der Waals surface area (Å²) in [7, 11) is 0. The highest BCUT2D eigenvalue weighted by Crippen LogP contribution is 2.39. The molecule has 110 valence electrons. The molecule has 0 N–H and O–H groups in total. The number of ether oxygens (including phenoxy) is 1. The number of fused-ring (bicyclic) bond motifs is 1. The van der Waals surface area contributed by atoms with Crippen molar-refractivity contribution in [2.45, 2.75) is 0 Å². The number of rotatable bonds is 2. The highest BCUT2D eigenvalue weighted by atomic mass is 79.9. The van der Waals surface area contributed by atoms with Crippen LogP contribution in [0.1, 0.15) is 5.56 Å². The van der Waals surface area contributed by atoms with Crippen molar-refractivity contribution in [2.24, 2.45) is 0 Å². The number of hydrogen-bond donors (Lipinski definition) is 0. The molecule has 2 heterocycles. The van der Waals surface area contributed by atoms with Crippen LogP contribution in [-0.4, -0.2) is 29.4 Å². The number of halogens is 1. The van der Waals surface area contributed by atoms with Gasteiger partial charge in [0.05, 0.1) is 29.7 Å². The van der Waals surface area contributed by atoms with Gasteiger partial charge in [0, 0.05) is 11.8 Å². The van der Waals surface area contributed by atoms with Crippen molar-refractivity contribution in [3.8, 4) is 22.9 Å². The summed E-state index contributed by atoms with van der Waals surface area (Å²) in [5.41, 5.74) is 2.99. The second-order valence-electron chi connectivity index (χ2n) is 4.75. The smallest absolute Gasteiger partial charge is 0.237 e.